The normalized spacial score (nSPS) is 17.3. The number of β-lactam (4-membered cyclic amide) rings is 1. The van der Waals surface area contributed by atoms with E-state index < -0.39 is 47.4 Å². The second-order valence-corrected chi connectivity index (χ2v) is 13.5. The summed E-state index contributed by atoms with van der Waals surface area (Å²) < 4.78 is 11.4. The van der Waals surface area contributed by atoms with Crippen molar-refractivity contribution in [1.82, 2.24) is 15.5 Å². The van der Waals surface area contributed by atoms with Crippen LogP contribution in [-0.2, 0) is 30.3 Å². The van der Waals surface area contributed by atoms with E-state index in [1.54, 1.807) is 54.6 Å². The molecule has 0 saturated carbocycles. The van der Waals surface area contributed by atoms with Crippen LogP contribution < -0.4 is 10.6 Å². The first-order valence-electron chi connectivity index (χ1n) is 15.9. The molecule has 3 N–H and O–H groups in total. The lowest BCUT2D eigenvalue weighted by Gasteiger charge is -2.50. The molecule has 4 aromatic rings. The van der Waals surface area contributed by atoms with Gasteiger partial charge < -0.3 is 25.2 Å². The van der Waals surface area contributed by atoms with Crippen molar-refractivity contribution in [2.75, 3.05) is 17.7 Å². The summed E-state index contributed by atoms with van der Waals surface area (Å²) in [6.45, 7) is 0.108. The fourth-order valence-electron chi connectivity index (χ4n) is 5.89. The predicted octanol–water partition coefficient (Wildman–Crippen LogP) is 5.78. The Balaban J connectivity index is 1.28. The highest BCUT2D eigenvalue weighted by molar-refractivity contribution is 9.09. The topological polar surface area (TPSA) is 134 Å². The van der Waals surface area contributed by atoms with Crippen molar-refractivity contribution in [3.63, 3.8) is 0 Å². The first-order chi connectivity index (χ1) is 24.3. The number of alkyl halides is 1. The van der Waals surface area contributed by atoms with Crippen LogP contribution in [0.25, 0.3) is 0 Å². The number of halogens is 1. The number of esters is 1. The van der Waals surface area contributed by atoms with Gasteiger partial charge in [-0.25, -0.2) is 9.59 Å². The summed E-state index contributed by atoms with van der Waals surface area (Å²) in [5.41, 5.74) is 3.69. The molecular formula is C38H34BrN3O7S. The van der Waals surface area contributed by atoms with E-state index >= 15 is 0 Å². The Kier molecular flexibility index (Phi) is 11.2. The molecule has 0 bridgehead atoms. The highest BCUT2D eigenvalue weighted by atomic mass is 79.9. The van der Waals surface area contributed by atoms with Crippen molar-refractivity contribution < 1.29 is 33.8 Å². The molecule has 0 unspecified atom stereocenters. The van der Waals surface area contributed by atoms with Crippen LogP contribution in [0.1, 0.15) is 34.4 Å². The number of phenols is 1. The fraction of sp³-hybridized carbons (Fsp3) is 0.211. The minimum absolute atomic E-state index is 0.108. The number of hydrogen-bond donors (Lipinski definition) is 3. The van der Waals surface area contributed by atoms with Gasteiger partial charge in [-0.1, -0.05) is 119 Å². The smallest absolute Gasteiger partial charge is 0.408 e. The van der Waals surface area contributed by atoms with Gasteiger partial charge in [0.2, 0.25) is 5.91 Å². The number of hydrogen-bond acceptors (Lipinski definition) is 8. The quantitative estimate of drug-likeness (QED) is 0.0942. The zero-order valence-electron chi connectivity index (χ0n) is 26.7. The fourth-order valence-corrected chi connectivity index (χ4v) is 7.40. The molecule has 6 rings (SSSR count). The van der Waals surface area contributed by atoms with E-state index in [1.165, 1.54) is 16.7 Å². The van der Waals surface area contributed by atoms with Gasteiger partial charge in [0.1, 0.15) is 35.5 Å². The first-order valence-corrected chi connectivity index (χ1v) is 18.1. The molecule has 2 aliphatic heterocycles. The van der Waals surface area contributed by atoms with Gasteiger partial charge in [-0.05, 0) is 46.4 Å². The minimum atomic E-state index is -1.13. The molecule has 0 radical (unpaired) electrons. The molecule has 12 heteroatoms. The van der Waals surface area contributed by atoms with Crippen LogP contribution in [0.3, 0.4) is 0 Å². The van der Waals surface area contributed by atoms with Crippen LogP contribution in [-0.4, -0.2) is 63.0 Å². The lowest BCUT2D eigenvalue weighted by Crippen LogP contribution is -2.71. The lowest BCUT2D eigenvalue weighted by atomic mass is 9.97. The van der Waals surface area contributed by atoms with Gasteiger partial charge in [0.15, 0.2) is 6.10 Å². The van der Waals surface area contributed by atoms with E-state index in [1.807, 2.05) is 60.7 Å². The highest BCUT2D eigenvalue weighted by Gasteiger charge is 2.55. The number of nitrogens with one attached hydrogen (secondary N) is 2. The van der Waals surface area contributed by atoms with Crippen molar-refractivity contribution in [1.29, 1.82) is 0 Å². The molecule has 2 aliphatic rings. The second kappa shape index (κ2) is 16.1. The molecule has 0 aliphatic carbocycles. The Morgan fingerprint density at radius 1 is 0.860 bits per heavy atom. The predicted molar refractivity (Wildman–Crippen MR) is 192 cm³/mol. The van der Waals surface area contributed by atoms with Gasteiger partial charge in [-0.3, -0.25) is 14.5 Å². The maximum Gasteiger partial charge on any atom is 0.408 e. The Morgan fingerprint density at radius 3 is 2.02 bits per heavy atom. The molecule has 3 amide bonds. The standard InChI is InChI=1S/C38H34BrN3O7S/c39-20-21-48-38(47)41-30(25-10-4-1-5-11-25)34(44)40-31-35(45)42-32(28(23-50-36(31)42)22-24-16-18-29(43)19-17-24)37(46)49-33(26-12-6-2-7-13-26)27-14-8-3-9-15-27/h1-19,30-31,33,36,43H,20-23H2,(H,40,44)(H,41,47)/t30-,31+,36-/m0/s1. The Morgan fingerprint density at radius 2 is 1.44 bits per heavy atom. The van der Waals surface area contributed by atoms with Gasteiger partial charge in [0.25, 0.3) is 5.91 Å². The van der Waals surface area contributed by atoms with Gasteiger partial charge in [0.05, 0.1) is 0 Å². The monoisotopic (exact) mass is 755 g/mol. The number of thioether (sulfide) groups is 1. The lowest BCUT2D eigenvalue weighted by molar-refractivity contribution is -0.154. The number of carbonyl (C=O) groups is 4. The van der Waals surface area contributed by atoms with Crippen molar-refractivity contribution in [3.8, 4) is 5.75 Å². The van der Waals surface area contributed by atoms with E-state index in [9.17, 15) is 24.3 Å². The van der Waals surface area contributed by atoms with E-state index in [0.29, 0.717) is 28.6 Å². The van der Waals surface area contributed by atoms with E-state index in [2.05, 4.69) is 26.6 Å². The molecule has 10 nitrogen and oxygen atoms in total. The van der Waals surface area contributed by atoms with Crippen molar-refractivity contribution in [2.45, 2.75) is 30.0 Å². The molecule has 2 heterocycles. The zero-order chi connectivity index (χ0) is 35.0. The summed E-state index contributed by atoms with van der Waals surface area (Å²) in [7, 11) is 0. The van der Waals surface area contributed by atoms with E-state index in [4.69, 9.17) is 9.47 Å². The van der Waals surface area contributed by atoms with Crippen LogP contribution in [0.4, 0.5) is 4.79 Å². The number of alkyl carbamates (subject to hydrolysis) is 1. The molecule has 1 saturated heterocycles. The molecule has 4 aromatic carbocycles. The SMILES string of the molecule is O=C(N[C@H](C(=O)N[C@@H]1C(=O)N2C(C(=O)OC(c3ccccc3)c3ccccc3)=C(Cc3ccc(O)cc3)CS[C@@H]12)c1ccccc1)OCCBr. The number of amides is 3. The molecule has 0 spiro atoms. The molecule has 3 atom stereocenters. The highest BCUT2D eigenvalue weighted by Crippen LogP contribution is 2.42. The third-order valence-corrected chi connectivity index (χ3v) is 9.95. The number of carbonyl (C=O) groups excluding carboxylic acids is 4. The third-order valence-electron chi connectivity index (χ3n) is 8.29. The Labute approximate surface area is 302 Å². The van der Waals surface area contributed by atoms with E-state index in [-0.39, 0.29) is 18.1 Å². The summed E-state index contributed by atoms with van der Waals surface area (Å²) in [5, 5.41) is 15.1. The Hall–Kier alpha value is -5.07. The maximum absolute atomic E-state index is 14.3. The number of nitrogens with zero attached hydrogens (tertiary/aromatic N) is 1. The second-order valence-electron chi connectivity index (χ2n) is 11.6. The summed E-state index contributed by atoms with van der Waals surface area (Å²) in [6, 6.07) is 32.0. The molecular weight excluding hydrogens is 722 g/mol. The number of fused-ring (bicyclic) bond motifs is 1. The van der Waals surface area contributed by atoms with Gasteiger partial charge in [-0.15, -0.1) is 11.8 Å². The van der Waals surface area contributed by atoms with Gasteiger partial charge in [-0.2, -0.15) is 0 Å². The number of rotatable bonds is 12. The summed E-state index contributed by atoms with van der Waals surface area (Å²) in [4.78, 5) is 55.8. The maximum atomic E-state index is 14.3. The van der Waals surface area contributed by atoms with E-state index in [0.717, 1.165) is 16.7 Å². The van der Waals surface area contributed by atoms with Crippen molar-refractivity contribution in [3.05, 3.63) is 149 Å². The van der Waals surface area contributed by atoms with Crippen molar-refractivity contribution in [2.24, 2.45) is 0 Å². The average molecular weight is 757 g/mol. The minimum Gasteiger partial charge on any atom is -0.508 e. The van der Waals surface area contributed by atoms with Crippen LogP contribution in [0.15, 0.2) is 127 Å². The largest absolute Gasteiger partial charge is 0.508 e. The van der Waals surface area contributed by atoms with Crippen LogP contribution in [0.5, 0.6) is 5.75 Å². The summed E-state index contributed by atoms with van der Waals surface area (Å²) in [6.07, 6.45) is -1.18. The van der Waals surface area contributed by atoms with Crippen LogP contribution >= 0.6 is 27.7 Å². The van der Waals surface area contributed by atoms with Crippen LogP contribution in [0, 0.1) is 0 Å². The molecule has 50 heavy (non-hydrogen) atoms. The molecule has 256 valence electrons. The van der Waals surface area contributed by atoms with Crippen molar-refractivity contribution >= 4 is 51.6 Å². The summed E-state index contributed by atoms with van der Waals surface area (Å²) in [5.74, 6) is -1.24. The summed E-state index contributed by atoms with van der Waals surface area (Å²) >= 11 is 4.63. The number of benzene rings is 4. The number of aromatic hydroxyl groups is 1. The molecule has 1 fully saturated rings. The first kappa shape index (κ1) is 34.8. The zero-order valence-corrected chi connectivity index (χ0v) is 29.1. The molecule has 0 aromatic heterocycles. The third kappa shape index (κ3) is 7.87. The number of phenolic OH excluding ortho intramolecular Hbond substituents is 1. The Bertz CT molecular complexity index is 1820. The average Bonchev–Trinajstić information content (AvgIpc) is 3.15. The van der Waals surface area contributed by atoms with Gasteiger partial charge >= 0.3 is 12.1 Å². The number of ether oxygens (including phenoxy) is 2. The van der Waals surface area contributed by atoms with Gasteiger partial charge in [0, 0.05) is 11.1 Å². The van der Waals surface area contributed by atoms with Crippen LogP contribution in [0.2, 0.25) is 0 Å².